The molecule has 0 N–H and O–H groups in total. The van der Waals surface area contributed by atoms with Crippen LogP contribution in [0.25, 0.3) is 22.8 Å². The first-order valence-corrected chi connectivity index (χ1v) is 14.3. The lowest BCUT2D eigenvalue weighted by Gasteiger charge is -2.29. The van der Waals surface area contributed by atoms with E-state index in [1.165, 1.54) is 62.6 Å². The normalized spacial score (nSPS) is 15.0. The summed E-state index contributed by atoms with van der Waals surface area (Å²) in [5, 5.41) is 0. The molecule has 3 aromatic rings. The van der Waals surface area contributed by atoms with Crippen LogP contribution in [0.2, 0.25) is 0 Å². The number of aromatic nitrogens is 3. The van der Waals surface area contributed by atoms with Gasteiger partial charge in [0.05, 0.1) is 22.8 Å². The van der Waals surface area contributed by atoms with Gasteiger partial charge in [-0.05, 0) is 67.3 Å². The molecule has 0 saturated carbocycles. The van der Waals surface area contributed by atoms with E-state index in [1.807, 2.05) is 48.8 Å². The van der Waals surface area contributed by atoms with E-state index in [1.54, 1.807) is 0 Å². The zero-order valence-corrected chi connectivity index (χ0v) is 22.6. The lowest BCUT2D eigenvalue weighted by molar-refractivity contribution is 0.330. The maximum Gasteiger partial charge on any atom is 0.0897 e. The first-order valence-electron chi connectivity index (χ1n) is 14.3. The highest BCUT2D eigenvalue weighted by atomic mass is 15.1. The second-order valence-corrected chi connectivity index (χ2v) is 10.0. The molecule has 37 heavy (non-hydrogen) atoms. The fraction of sp³-hybridized carbons (Fsp3) is 0.424. The fourth-order valence-electron chi connectivity index (χ4n) is 4.98. The first kappa shape index (κ1) is 26.8. The summed E-state index contributed by atoms with van der Waals surface area (Å²) in [6, 6.07) is 16.4. The molecule has 3 aromatic heterocycles. The monoisotopic (exact) mass is 494 g/mol. The quantitative estimate of drug-likeness (QED) is 0.210. The maximum absolute atomic E-state index is 4.94. The summed E-state index contributed by atoms with van der Waals surface area (Å²) in [6.07, 6.45) is 22.3. The van der Waals surface area contributed by atoms with Crippen LogP contribution >= 0.6 is 0 Å². The van der Waals surface area contributed by atoms with E-state index in [9.17, 15) is 0 Å². The molecule has 0 radical (unpaired) electrons. The van der Waals surface area contributed by atoms with Crippen molar-refractivity contribution in [3.63, 3.8) is 0 Å². The summed E-state index contributed by atoms with van der Waals surface area (Å²) < 4.78 is 0. The Morgan fingerprint density at radius 3 is 1.78 bits per heavy atom. The number of allylic oxidation sites excluding steroid dienone is 3. The molecule has 3 heterocycles. The molecule has 0 aromatic carbocycles. The molecule has 1 aliphatic rings. The van der Waals surface area contributed by atoms with Gasteiger partial charge in [-0.3, -0.25) is 9.97 Å². The summed E-state index contributed by atoms with van der Waals surface area (Å²) in [7, 11) is 0. The van der Waals surface area contributed by atoms with Crippen molar-refractivity contribution in [3.05, 3.63) is 90.4 Å². The lowest BCUT2D eigenvalue weighted by Crippen LogP contribution is -2.26. The van der Waals surface area contributed by atoms with Gasteiger partial charge >= 0.3 is 0 Å². The minimum absolute atomic E-state index is 0.318. The number of hydrogen-bond acceptors (Lipinski definition) is 4. The topological polar surface area (TPSA) is 41.9 Å². The van der Waals surface area contributed by atoms with Crippen molar-refractivity contribution in [2.24, 2.45) is 0 Å². The van der Waals surface area contributed by atoms with E-state index in [4.69, 9.17) is 4.98 Å². The highest BCUT2D eigenvalue weighted by Gasteiger charge is 2.18. The first-order chi connectivity index (χ1) is 18.3. The van der Waals surface area contributed by atoms with Crippen molar-refractivity contribution >= 4 is 0 Å². The fourth-order valence-corrected chi connectivity index (χ4v) is 4.98. The van der Waals surface area contributed by atoms with Gasteiger partial charge in [0.25, 0.3) is 0 Å². The van der Waals surface area contributed by atoms with Crippen LogP contribution in [0.1, 0.15) is 83.1 Å². The third kappa shape index (κ3) is 7.85. The molecule has 0 spiro atoms. The molecule has 0 fully saturated rings. The lowest BCUT2D eigenvalue weighted by atomic mass is 9.90. The van der Waals surface area contributed by atoms with E-state index >= 15 is 0 Å². The van der Waals surface area contributed by atoms with E-state index in [0.29, 0.717) is 5.92 Å². The molecule has 0 saturated heterocycles. The Labute approximate surface area is 223 Å². The number of nitrogens with zero attached hydrogens (tertiary/aromatic N) is 4. The van der Waals surface area contributed by atoms with E-state index in [-0.39, 0.29) is 0 Å². The summed E-state index contributed by atoms with van der Waals surface area (Å²) in [5.74, 6) is 0.318. The Kier molecular flexibility index (Phi) is 10.5. The summed E-state index contributed by atoms with van der Waals surface area (Å²) >= 11 is 0. The number of pyridine rings is 3. The zero-order valence-electron chi connectivity index (χ0n) is 22.6. The third-order valence-electron chi connectivity index (χ3n) is 7.14. The molecule has 4 nitrogen and oxygen atoms in total. The van der Waals surface area contributed by atoms with Crippen molar-refractivity contribution in [2.45, 2.75) is 77.6 Å². The molecule has 1 unspecified atom stereocenters. The van der Waals surface area contributed by atoms with E-state index in [2.05, 4.69) is 59.1 Å². The minimum atomic E-state index is 0.318. The Hall–Kier alpha value is -3.27. The molecule has 194 valence electrons. The number of rotatable bonds is 14. The van der Waals surface area contributed by atoms with Gasteiger partial charge in [0.1, 0.15) is 0 Å². The van der Waals surface area contributed by atoms with Crippen LogP contribution < -0.4 is 0 Å². The Balaban J connectivity index is 1.53. The van der Waals surface area contributed by atoms with Gasteiger partial charge in [-0.2, -0.15) is 0 Å². The van der Waals surface area contributed by atoms with Gasteiger partial charge in [0, 0.05) is 37.1 Å². The maximum atomic E-state index is 4.94. The Morgan fingerprint density at radius 2 is 1.32 bits per heavy atom. The Bertz CT molecular complexity index is 1070. The average Bonchev–Trinajstić information content (AvgIpc) is 2.97. The predicted octanol–water partition coefficient (Wildman–Crippen LogP) is 8.60. The van der Waals surface area contributed by atoms with Gasteiger partial charge in [0.15, 0.2) is 0 Å². The van der Waals surface area contributed by atoms with Gasteiger partial charge in [-0.25, -0.2) is 4.98 Å². The molecule has 0 bridgehead atoms. The van der Waals surface area contributed by atoms with Crippen molar-refractivity contribution in [1.29, 1.82) is 0 Å². The van der Waals surface area contributed by atoms with Crippen molar-refractivity contribution in [1.82, 2.24) is 19.9 Å². The molecule has 1 aliphatic carbocycles. The molecule has 1 atom stereocenters. The third-order valence-corrected chi connectivity index (χ3v) is 7.14. The van der Waals surface area contributed by atoms with Crippen LogP contribution in [0.15, 0.2) is 84.8 Å². The van der Waals surface area contributed by atoms with Crippen molar-refractivity contribution < 1.29 is 0 Å². The smallest absolute Gasteiger partial charge is 0.0897 e. The SMILES string of the molecule is CCCCCCN(CCCCCC)C1=CCC(c2cc(-c3ccccn3)nc(-c3ccccn3)c2)C=C1. The van der Waals surface area contributed by atoms with Crippen molar-refractivity contribution in [3.8, 4) is 22.8 Å². The van der Waals surface area contributed by atoms with Crippen LogP contribution in [0.4, 0.5) is 0 Å². The van der Waals surface area contributed by atoms with Gasteiger partial charge < -0.3 is 4.90 Å². The van der Waals surface area contributed by atoms with Crippen LogP contribution in [-0.2, 0) is 0 Å². The zero-order chi connectivity index (χ0) is 25.7. The average molecular weight is 495 g/mol. The van der Waals surface area contributed by atoms with Gasteiger partial charge in [-0.15, -0.1) is 0 Å². The highest BCUT2D eigenvalue weighted by molar-refractivity contribution is 5.64. The Morgan fingerprint density at radius 1 is 0.730 bits per heavy atom. The van der Waals surface area contributed by atoms with Gasteiger partial charge in [0.2, 0.25) is 0 Å². The number of unbranched alkanes of at least 4 members (excludes halogenated alkanes) is 6. The van der Waals surface area contributed by atoms with Crippen LogP contribution in [-0.4, -0.2) is 32.9 Å². The molecule has 0 aliphatic heterocycles. The molecular formula is C33H42N4. The number of hydrogen-bond donors (Lipinski definition) is 0. The van der Waals surface area contributed by atoms with E-state index in [0.717, 1.165) is 42.3 Å². The molecule has 4 heteroatoms. The largest absolute Gasteiger partial charge is 0.372 e. The molecule has 0 amide bonds. The van der Waals surface area contributed by atoms with Crippen LogP contribution in [0.5, 0.6) is 0 Å². The van der Waals surface area contributed by atoms with Gasteiger partial charge in [-0.1, -0.05) is 76.7 Å². The van der Waals surface area contributed by atoms with Crippen LogP contribution in [0.3, 0.4) is 0 Å². The second kappa shape index (κ2) is 14.5. The summed E-state index contributed by atoms with van der Waals surface area (Å²) in [6.45, 7) is 6.89. The van der Waals surface area contributed by atoms with E-state index < -0.39 is 0 Å². The van der Waals surface area contributed by atoms with Crippen molar-refractivity contribution in [2.75, 3.05) is 13.1 Å². The molecular weight excluding hydrogens is 452 g/mol. The minimum Gasteiger partial charge on any atom is -0.372 e. The molecule has 4 rings (SSSR count). The summed E-state index contributed by atoms with van der Waals surface area (Å²) in [4.78, 5) is 16.7. The van der Waals surface area contributed by atoms with Crippen LogP contribution in [0, 0.1) is 0 Å². The predicted molar refractivity (Wildman–Crippen MR) is 155 cm³/mol. The second-order valence-electron chi connectivity index (χ2n) is 10.0. The standard InChI is InChI=1S/C33H42N4/c1-3-5-7-13-23-37(24-14-8-6-4-2)29-19-17-27(18-20-29)28-25-32(30-15-9-11-21-34-30)36-33(26-28)31-16-10-12-22-35-31/h9-12,15-17,19-22,25-27H,3-8,13-14,18,23-24H2,1-2H3. The highest BCUT2D eigenvalue weighted by Crippen LogP contribution is 2.32. The summed E-state index contributed by atoms with van der Waals surface area (Å²) in [5.41, 5.74) is 6.24.